The fourth-order valence-electron chi connectivity index (χ4n) is 20.8. The van der Waals surface area contributed by atoms with Crippen LogP contribution >= 0.6 is 23.5 Å². The second-order valence-corrected chi connectivity index (χ2v) is 36.6. The minimum absolute atomic E-state index is 0. The number of nitrogens with one attached hydrogen (secondary N) is 1. The van der Waals surface area contributed by atoms with E-state index in [4.69, 9.17) is 30.8 Å². The maximum Gasteiger partial charge on any atom is 1.00 e. The molecule has 1 amide bonds. The number of fused-ring (bicyclic) bond motifs is 12. The number of hydrogen-bond acceptors (Lipinski definition) is 27. The third kappa shape index (κ3) is 18.4. The third-order valence-electron chi connectivity index (χ3n) is 27.2. The number of carboxylic acid groups (broad SMARTS) is 2. The SMILES string of the molecule is CC(=O)OCC(=O)[C@@]1(O)CC[C@H]2[C@@H]3CCC4=CC(=O)CC[C@]4(C)[C@H]3[C@@H](O)C[C@@]21C.CCC(=O)O[C@]1(C(=O)SCF)[C@H](C)C[C@H]2C3C[C@H](F)C4=CC(=O)C=C[C@]4(C)[C@@]3(F)[C@@H](O)C[C@@]21C.CCOC(=O)c1ccc(C#Cc2ccc3c(c2)C(C)(C)CCS3)nc1.CN(Cc1cnc2nc(N)nc(N)c2n1)c1ccc(C(=O)N[C@@H](CCC(=O)[O-])C(=O)O)cc1.[Na+]. The number of pyridine rings is 1. The van der Waals surface area contributed by atoms with Gasteiger partial charge in [-0.1, -0.05) is 66.0 Å². The average Bonchev–Trinajstić information content (AvgIpc) is 1.41. The summed E-state index contributed by atoms with van der Waals surface area (Å²) in [5.41, 5.74) is 9.06. The van der Waals surface area contributed by atoms with Crippen LogP contribution in [0.3, 0.4) is 0 Å². The summed E-state index contributed by atoms with van der Waals surface area (Å²) in [6.45, 7) is 18.5. The van der Waals surface area contributed by atoms with Gasteiger partial charge in [-0.2, -0.15) is 9.97 Å². The number of esters is 3. The van der Waals surface area contributed by atoms with Crippen LogP contribution in [0.5, 0.6) is 0 Å². The zero-order chi connectivity index (χ0) is 88.4. The van der Waals surface area contributed by atoms with E-state index in [1.807, 2.05) is 30.6 Å². The summed E-state index contributed by atoms with van der Waals surface area (Å²) >= 11 is 2.31. The van der Waals surface area contributed by atoms with Crippen LogP contribution in [0.15, 0.2) is 107 Å². The smallest absolute Gasteiger partial charge is 0.550 e. The number of allylic oxidation sites excluding steroid dienone is 5. The van der Waals surface area contributed by atoms with E-state index in [0.717, 1.165) is 48.6 Å². The largest absolute Gasteiger partial charge is 1.00 e. The molecular weight excluding hydrogens is 1630 g/mol. The number of carbonyl (C=O) groups is 10. The van der Waals surface area contributed by atoms with Crippen molar-refractivity contribution in [2.24, 2.45) is 57.2 Å². The molecule has 6 saturated carbocycles. The number of nitrogens with two attached hydrogens (primary N) is 2. The summed E-state index contributed by atoms with van der Waals surface area (Å²) in [5.74, 6) is 0.0970. The average molecular weight is 1730 g/mol. The van der Waals surface area contributed by atoms with E-state index in [9.17, 15) is 72.8 Å². The number of nitrogen functional groups attached to an aromatic ring is 2. The number of carboxylic acids is 2. The van der Waals surface area contributed by atoms with Crippen LogP contribution in [-0.4, -0.2) is 177 Å². The molecule has 8 aliphatic carbocycles. The Morgan fingerprint density at radius 1 is 0.844 bits per heavy atom. The minimum Gasteiger partial charge on any atom is -0.550 e. The second kappa shape index (κ2) is 37.9. The number of hydrogen-bond donors (Lipinski definition) is 7. The van der Waals surface area contributed by atoms with E-state index >= 15 is 8.78 Å². The fourth-order valence-corrected chi connectivity index (χ4v) is 23.1. The zero-order valence-electron chi connectivity index (χ0n) is 70.7. The van der Waals surface area contributed by atoms with Gasteiger partial charge in [-0.3, -0.25) is 33.6 Å². The number of amides is 1. The van der Waals surface area contributed by atoms with Gasteiger partial charge in [0.15, 0.2) is 46.4 Å². The molecule has 27 nitrogen and oxygen atoms in total. The van der Waals surface area contributed by atoms with Crippen molar-refractivity contribution in [1.29, 1.82) is 0 Å². The van der Waals surface area contributed by atoms with Gasteiger partial charge in [0.1, 0.15) is 29.5 Å². The third-order valence-corrected chi connectivity index (χ3v) is 28.9. The first-order chi connectivity index (χ1) is 57.0. The molecule has 9 N–H and O–H groups in total. The number of rotatable bonds is 18. The standard InChI is InChI=1S/C25H31F3O5S.C23H32O6.C21H21NO2S.C20H22N8O5.Na/c1-5-20(31)33-25(21(32)34-12-26)13(2)8-15-16-10-18(27)17-9-14(29)6-7-22(17,3)24(16,28)19(30)11-23(15,25)4;1-13(24)29-12-19(27)23(28)9-7-17-16-5-4-14-10-15(25)6-8-21(14,2)20(16)18(26)11-22(17,23)3;1-4-24-20(23)16-7-9-17(22-14-16)8-5-15-6-10-19-18(13-15)21(2,3)11-12-25-19;1-28(9-11-8-23-17-15(24-11)16(21)26-20(22)27-17)12-4-2-10(3-5-12)18(31)25-13(19(32)33)6-7-14(29)30;/h6-7,9,13,15-16,18-19,30H,5,8,10-12H2,1-4H3;10,16-18,20,26,28H,4-9,11-12H2,1-3H3;6-7,9-10,13-14H,4,11-12H2,1-3H3;2-5,8,13H,6-7,9H2,1H3,(H,25,31)(H,29,30)(H,32,33)(H4,21,22,23,26,27);/q;;;;+1/p-1/t13-,15+,16?,18+,19+,22+,23+,24+,25+;16-,17-,18-,20+,21-,22-,23-;;13-;/m10.0./s1. The normalized spacial score (nSPS) is 30.4. The molecule has 14 rings (SSSR count). The molecule has 2 aromatic carbocycles. The predicted octanol–water partition coefficient (Wildman–Crippen LogP) is 7.15. The summed E-state index contributed by atoms with van der Waals surface area (Å²) in [7, 11) is 1.81. The van der Waals surface area contributed by atoms with Gasteiger partial charge < -0.3 is 66.2 Å². The number of ketones is 3. The van der Waals surface area contributed by atoms with Crippen LogP contribution in [0, 0.1) is 69.0 Å². The molecule has 648 valence electrons. The quantitative estimate of drug-likeness (QED) is 0.0198. The summed E-state index contributed by atoms with van der Waals surface area (Å²) < 4.78 is 61.7. The Kier molecular flexibility index (Phi) is 29.6. The molecular formula is C89H105F3N9NaO18S2. The maximum atomic E-state index is 17.2. The Morgan fingerprint density at radius 2 is 1.56 bits per heavy atom. The molecule has 6 fully saturated rings. The summed E-state index contributed by atoms with van der Waals surface area (Å²) in [6, 6.07) is 13.9. The molecule has 17 atom stereocenters. The number of aliphatic hydroxyl groups excluding tert-OH is 2. The number of aromatic nitrogens is 5. The molecule has 3 aromatic heterocycles. The van der Waals surface area contributed by atoms with Gasteiger partial charge in [0.05, 0.1) is 42.8 Å². The molecule has 1 unspecified atom stereocenters. The van der Waals surface area contributed by atoms with Gasteiger partial charge >= 0.3 is 53.4 Å². The molecule has 0 bridgehead atoms. The van der Waals surface area contributed by atoms with E-state index in [1.165, 1.54) is 67.0 Å². The molecule has 1 aliphatic heterocycles. The van der Waals surface area contributed by atoms with E-state index in [2.05, 4.69) is 81.0 Å². The molecule has 5 aromatic rings. The molecule has 9 aliphatic rings. The van der Waals surface area contributed by atoms with Gasteiger partial charge in [-0.15, -0.1) is 11.8 Å². The monoisotopic (exact) mass is 1730 g/mol. The van der Waals surface area contributed by atoms with Crippen molar-refractivity contribution in [2.45, 2.75) is 217 Å². The van der Waals surface area contributed by atoms with Crippen LogP contribution in [0.2, 0.25) is 0 Å². The predicted molar refractivity (Wildman–Crippen MR) is 442 cm³/mol. The number of benzene rings is 2. The first-order valence-electron chi connectivity index (χ1n) is 40.7. The molecule has 122 heavy (non-hydrogen) atoms. The van der Waals surface area contributed by atoms with E-state index < -0.39 is 141 Å². The maximum absolute atomic E-state index is 17.2. The summed E-state index contributed by atoms with van der Waals surface area (Å²) in [6.07, 6.45) is 9.17. The number of aliphatic hydroxyl groups is 3. The van der Waals surface area contributed by atoms with Gasteiger partial charge in [0.2, 0.25) is 16.8 Å². The zero-order valence-corrected chi connectivity index (χ0v) is 74.3. The van der Waals surface area contributed by atoms with Gasteiger partial charge in [0, 0.05) is 88.8 Å². The summed E-state index contributed by atoms with van der Waals surface area (Å²) in [4.78, 5) is 144. The Morgan fingerprint density at radius 3 is 2.21 bits per heavy atom. The Hall–Kier alpha value is -8.94. The number of anilines is 3. The van der Waals surface area contributed by atoms with E-state index in [0.29, 0.717) is 72.3 Å². The molecule has 4 heterocycles. The van der Waals surface area contributed by atoms with Gasteiger partial charge in [0.25, 0.3) is 5.91 Å². The number of aliphatic carboxylic acids is 2. The number of thioether (sulfide) groups is 2. The van der Waals surface area contributed by atoms with Crippen molar-refractivity contribution in [2.75, 3.05) is 48.4 Å². The van der Waals surface area contributed by atoms with Crippen LogP contribution < -0.4 is 56.3 Å². The van der Waals surface area contributed by atoms with Crippen molar-refractivity contribution in [3.63, 3.8) is 0 Å². The van der Waals surface area contributed by atoms with E-state index in [-0.39, 0.29) is 125 Å². The molecule has 0 saturated heterocycles. The van der Waals surface area contributed by atoms with Crippen molar-refractivity contribution in [3.8, 4) is 11.8 Å². The molecule has 33 heteroatoms. The fraction of sp³-hybridized carbons (Fsp3) is 0.539. The first kappa shape index (κ1) is 95.3. The van der Waals surface area contributed by atoms with Crippen LogP contribution in [0.25, 0.3) is 11.2 Å². The van der Waals surface area contributed by atoms with Crippen LogP contribution in [-0.2, 0) is 64.5 Å². The molecule has 0 spiro atoms. The number of Topliss-reactive ketones (excluding diaryl/α,β-unsaturated/α-hetero) is 1. The van der Waals surface area contributed by atoms with Gasteiger partial charge in [-0.05, 0) is 233 Å². The van der Waals surface area contributed by atoms with Crippen molar-refractivity contribution < 1.29 is 130 Å². The van der Waals surface area contributed by atoms with E-state index in [1.54, 1.807) is 64.2 Å². The summed E-state index contributed by atoms with van der Waals surface area (Å²) in [5, 5.41) is 55.5. The number of nitrogens with zero attached hydrogens (tertiary/aromatic N) is 6. The van der Waals surface area contributed by atoms with Crippen molar-refractivity contribution >= 4 is 110 Å². The minimum atomic E-state index is -2.30. The Balaban J connectivity index is 0.000000171. The topological polar surface area (TPSA) is 434 Å². The van der Waals surface area contributed by atoms with Crippen molar-refractivity contribution in [3.05, 3.63) is 136 Å². The number of alkyl halides is 3. The Labute approximate surface area is 736 Å². The second-order valence-electron chi connectivity index (χ2n) is 34.6. The number of ether oxygens (including phenoxy) is 3. The number of halogens is 3. The first-order valence-corrected chi connectivity index (χ1v) is 42.7. The van der Waals surface area contributed by atoms with Gasteiger partial charge in [-0.25, -0.2) is 37.7 Å². The van der Waals surface area contributed by atoms with Crippen LogP contribution in [0.1, 0.15) is 202 Å². The van der Waals surface area contributed by atoms with Crippen LogP contribution in [0.4, 0.5) is 30.6 Å². The number of carbonyl (C=O) groups excluding carboxylic acids is 9. The Bertz CT molecular complexity index is 5070. The molecule has 0 radical (unpaired) electrons. The van der Waals surface area contributed by atoms with Crippen molar-refractivity contribution in [1.82, 2.24) is 30.2 Å².